The molecule has 2 aromatic rings. The van der Waals surface area contributed by atoms with Crippen LogP contribution in [0.2, 0.25) is 0 Å². The number of benzene rings is 2. The number of hydrogen-bond donors (Lipinski definition) is 1. The van der Waals surface area contributed by atoms with Gasteiger partial charge in [-0.3, -0.25) is 4.79 Å². The third-order valence-corrected chi connectivity index (χ3v) is 6.31. The topological polar surface area (TPSA) is 72.8 Å². The van der Waals surface area contributed by atoms with Crippen LogP contribution in [0.15, 0.2) is 30.3 Å². The number of unbranched alkanes of at least 4 members (excludes halogenated alkanes) is 3. The molecule has 0 amide bonds. The molecule has 2 aromatic carbocycles. The highest BCUT2D eigenvalue weighted by molar-refractivity contribution is 5.92. The van der Waals surface area contributed by atoms with Gasteiger partial charge in [0.2, 0.25) is 0 Å². The standard InChI is InChI=1S/C27H34O5/c1-7-8-9-10-13-26(3,4)19-15-22(31-17(2)28)24-20-14-18(25(29)30)11-12-21(20)27(5,6)32-23(24)16-19/h11-12,14-16H,7-10,13H2,1-6H3,(H,29,30). The maximum absolute atomic E-state index is 12.0. The number of carboxylic acids is 1. The number of carbonyl (C=O) groups excluding carboxylic acids is 1. The van der Waals surface area contributed by atoms with Gasteiger partial charge in [0.05, 0.1) is 11.1 Å². The van der Waals surface area contributed by atoms with Crippen LogP contribution in [-0.2, 0) is 15.8 Å². The van der Waals surface area contributed by atoms with Gasteiger partial charge in [0, 0.05) is 12.5 Å². The van der Waals surface area contributed by atoms with Gasteiger partial charge in [0.15, 0.2) is 0 Å². The lowest BCUT2D eigenvalue weighted by atomic mass is 9.77. The smallest absolute Gasteiger partial charge is 0.335 e. The van der Waals surface area contributed by atoms with Crippen molar-refractivity contribution >= 4 is 11.9 Å². The largest absolute Gasteiger partial charge is 0.482 e. The Labute approximate surface area is 190 Å². The molecule has 0 spiro atoms. The van der Waals surface area contributed by atoms with Crippen molar-refractivity contribution in [3.63, 3.8) is 0 Å². The average molecular weight is 439 g/mol. The number of fused-ring (bicyclic) bond motifs is 3. The van der Waals surface area contributed by atoms with Gasteiger partial charge in [-0.15, -0.1) is 0 Å². The number of rotatable bonds is 8. The van der Waals surface area contributed by atoms with Crippen LogP contribution in [-0.4, -0.2) is 17.0 Å². The maximum atomic E-state index is 12.0. The van der Waals surface area contributed by atoms with E-state index in [-0.39, 0.29) is 11.0 Å². The van der Waals surface area contributed by atoms with E-state index in [9.17, 15) is 14.7 Å². The molecular weight excluding hydrogens is 404 g/mol. The first kappa shape index (κ1) is 23.8. The predicted molar refractivity (Wildman–Crippen MR) is 126 cm³/mol. The van der Waals surface area contributed by atoms with E-state index in [4.69, 9.17) is 9.47 Å². The lowest BCUT2D eigenvalue weighted by Crippen LogP contribution is -2.30. The molecular formula is C27H34O5. The van der Waals surface area contributed by atoms with Crippen LogP contribution in [0.1, 0.15) is 95.1 Å². The molecule has 1 N–H and O–H groups in total. The highest BCUT2D eigenvalue weighted by Crippen LogP contribution is 2.51. The van der Waals surface area contributed by atoms with Crippen LogP contribution >= 0.6 is 0 Å². The number of ether oxygens (including phenoxy) is 2. The molecule has 0 saturated carbocycles. The zero-order chi connectivity index (χ0) is 23.7. The average Bonchev–Trinajstić information content (AvgIpc) is 2.69. The van der Waals surface area contributed by atoms with E-state index < -0.39 is 17.5 Å². The quantitative estimate of drug-likeness (QED) is 0.277. The first-order valence-electron chi connectivity index (χ1n) is 11.4. The molecule has 0 aromatic heterocycles. The molecule has 1 aliphatic heterocycles. The van der Waals surface area contributed by atoms with Gasteiger partial charge >= 0.3 is 11.9 Å². The lowest BCUT2D eigenvalue weighted by Gasteiger charge is -2.37. The van der Waals surface area contributed by atoms with Crippen molar-refractivity contribution in [1.29, 1.82) is 0 Å². The molecule has 0 radical (unpaired) electrons. The van der Waals surface area contributed by atoms with Crippen LogP contribution in [0.25, 0.3) is 11.1 Å². The normalized spacial score (nSPS) is 14.2. The summed E-state index contributed by atoms with van der Waals surface area (Å²) in [5.74, 6) is -0.408. The maximum Gasteiger partial charge on any atom is 0.335 e. The Balaban J connectivity index is 2.17. The van der Waals surface area contributed by atoms with E-state index in [0.29, 0.717) is 17.1 Å². The summed E-state index contributed by atoms with van der Waals surface area (Å²) in [6.07, 6.45) is 5.73. The fourth-order valence-electron chi connectivity index (χ4n) is 4.44. The van der Waals surface area contributed by atoms with E-state index in [1.807, 2.05) is 26.0 Å². The molecule has 1 heterocycles. The van der Waals surface area contributed by atoms with Crippen LogP contribution in [0, 0.1) is 0 Å². The van der Waals surface area contributed by atoms with Gasteiger partial charge in [0.1, 0.15) is 17.1 Å². The summed E-state index contributed by atoms with van der Waals surface area (Å²) in [6, 6.07) is 8.95. The minimum absolute atomic E-state index is 0.131. The minimum Gasteiger partial charge on any atom is -0.482 e. The Morgan fingerprint density at radius 2 is 1.81 bits per heavy atom. The van der Waals surface area contributed by atoms with Crippen molar-refractivity contribution in [1.82, 2.24) is 0 Å². The van der Waals surface area contributed by atoms with Gasteiger partial charge in [-0.1, -0.05) is 52.5 Å². The van der Waals surface area contributed by atoms with Crippen LogP contribution in [0.4, 0.5) is 0 Å². The Bertz CT molecular complexity index is 1030. The summed E-state index contributed by atoms with van der Waals surface area (Å²) < 4.78 is 12.1. The van der Waals surface area contributed by atoms with Crippen molar-refractivity contribution in [2.75, 3.05) is 0 Å². The number of aromatic carboxylic acids is 1. The highest BCUT2D eigenvalue weighted by atomic mass is 16.5. The summed E-state index contributed by atoms with van der Waals surface area (Å²) in [5.41, 5.74) is 2.64. The summed E-state index contributed by atoms with van der Waals surface area (Å²) >= 11 is 0. The first-order chi connectivity index (χ1) is 15.0. The molecule has 0 unspecified atom stereocenters. The number of carboxylic acid groups (broad SMARTS) is 1. The Morgan fingerprint density at radius 3 is 2.44 bits per heavy atom. The Morgan fingerprint density at radius 1 is 1.09 bits per heavy atom. The molecule has 1 aliphatic rings. The van der Waals surface area contributed by atoms with Crippen molar-refractivity contribution in [3.8, 4) is 22.6 Å². The van der Waals surface area contributed by atoms with E-state index >= 15 is 0 Å². The van der Waals surface area contributed by atoms with E-state index in [2.05, 4.69) is 20.8 Å². The van der Waals surface area contributed by atoms with Gasteiger partial charge in [-0.2, -0.15) is 0 Å². The minimum atomic E-state index is -1.00. The summed E-state index contributed by atoms with van der Waals surface area (Å²) in [5, 5.41) is 9.53. The first-order valence-corrected chi connectivity index (χ1v) is 11.4. The summed E-state index contributed by atoms with van der Waals surface area (Å²) in [4.78, 5) is 23.6. The summed E-state index contributed by atoms with van der Waals surface area (Å²) in [7, 11) is 0. The van der Waals surface area contributed by atoms with Gasteiger partial charge < -0.3 is 14.6 Å². The molecule has 0 fully saturated rings. The van der Waals surface area contributed by atoms with E-state index in [1.54, 1.807) is 18.2 Å². The Kier molecular flexibility index (Phi) is 6.68. The lowest BCUT2D eigenvalue weighted by molar-refractivity contribution is -0.131. The monoisotopic (exact) mass is 438 g/mol. The van der Waals surface area contributed by atoms with Gasteiger partial charge in [-0.05, 0) is 61.1 Å². The molecule has 3 rings (SSSR count). The zero-order valence-electron chi connectivity index (χ0n) is 20.0. The van der Waals surface area contributed by atoms with Gasteiger partial charge in [-0.25, -0.2) is 4.79 Å². The molecule has 0 bridgehead atoms. The third-order valence-electron chi connectivity index (χ3n) is 6.31. The fraction of sp³-hybridized carbons (Fsp3) is 0.481. The fourth-order valence-corrected chi connectivity index (χ4v) is 4.44. The Hall–Kier alpha value is -2.82. The highest BCUT2D eigenvalue weighted by Gasteiger charge is 2.36. The third kappa shape index (κ3) is 4.82. The molecule has 0 atom stereocenters. The second-order valence-electron chi connectivity index (χ2n) is 9.81. The van der Waals surface area contributed by atoms with Crippen molar-refractivity contribution in [2.45, 2.75) is 84.7 Å². The van der Waals surface area contributed by atoms with Crippen LogP contribution < -0.4 is 9.47 Å². The van der Waals surface area contributed by atoms with E-state index in [0.717, 1.165) is 29.5 Å². The molecule has 0 aliphatic carbocycles. The molecule has 5 heteroatoms. The number of hydrogen-bond acceptors (Lipinski definition) is 4. The van der Waals surface area contributed by atoms with Crippen molar-refractivity contribution in [2.24, 2.45) is 0 Å². The van der Waals surface area contributed by atoms with Crippen molar-refractivity contribution in [3.05, 3.63) is 47.0 Å². The second kappa shape index (κ2) is 8.97. The molecule has 172 valence electrons. The summed E-state index contributed by atoms with van der Waals surface area (Å²) in [6.45, 7) is 11.9. The van der Waals surface area contributed by atoms with E-state index in [1.165, 1.54) is 26.2 Å². The number of esters is 1. The van der Waals surface area contributed by atoms with Gasteiger partial charge in [0.25, 0.3) is 0 Å². The SMILES string of the molecule is CCCCCCC(C)(C)c1cc(OC(C)=O)c2c(c1)OC(C)(C)c1ccc(C(=O)O)cc1-2. The zero-order valence-corrected chi connectivity index (χ0v) is 20.0. The molecule has 32 heavy (non-hydrogen) atoms. The predicted octanol–water partition coefficient (Wildman–Crippen LogP) is 6.85. The second-order valence-corrected chi connectivity index (χ2v) is 9.81. The van der Waals surface area contributed by atoms with Crippen molar-refractivity contribution < 1.29 is 24.2 Å². The van der Waals surface area contributed by atoms with Crippen LogP contribution in [0.5, 0.6) is 11.5 Å². The molecule has 5 nitrogen and oxygen atoms in total. The molecule has 0 saturated heterocycles. The van der Waals surface area contributed by atoms with Crippen LogP contribution in [0.3, 0.4) is 0 Å². The number of carbonyl (C=O) groups is 2.